The fraction of sp³-hybridized carbons (Fsp3) is 0.333. The predicted molar refractivity (Wildman–Crippen MR) is 103 cm³/mol. The van der Waals surface area contributed by atoms with Crippen LogP contribution in [-0.2, 0) is 26.0 Å². The van der Waals surface area contributed by atoms with Crippen LogP contribution in [0.3, 0.4) is 0 Å². The Hall–Kier alpha value is -1.62. The summed E-state index contributed by atoms with van der Waals surface area (Å²) in [6, 6.07) is 9.82. The van der Waals surface area contributed by atoms with Gasteiger partial charge in [0.1, 0.15) is 0 Å². The zero-order valence-corrected chi connectivity index (χ0v) is 17.3. The third-order valence-electron chi connectivity index (χ3n) is 4.75. The molecule has 158 valence electrons. The molecule has 1 aliphatic rings. The standard InChI is InChI=1S/C18H17ClF3NO4S2/c19-16-7-2-1-6-15(16)17-8-9-23(10-11-28(17,24)25)29(26,27)14-5-3-4-13(12-14)18(20,21)22/h1-7,12,17H,8-11H2. The summed E-state index contributed by atoms with van der Waals surface area (Å²) in [4.78, 5) is -0.527. The molecular weight excluding hydrogens is 451 g/mol. The lowest BCUT2D eigenvalue weighted by molar-refractivity contribution is -0.137. The zero-order chi connectivity index (χ0) is 21.4. The molecule has 0 N–H and O–H groups in total. The number of rotatable bonds is 3. The Morgan fingerprint density at radius 3 is 2.38 bits per heavy atom. The molecule has 2 aromatic carbocycles. The fourth-order valence-corrected chi connectivity index (χ4v) is 7.00. The third kappa shape index (κ3) is 4.60. The van der Waals surface area contributed by atoms with E-state index in [1.54, 1.807) is 24.3 Å². The van der Waals surface area contributed by atoms with Crippen LogP contribution in [0.5, 0.6) is 0 Å². The SMILES string of the molecule is O=S1(=O)CCN(S(=O)(=O)c2cccc(C(F)(F)F)c2)CCC1c1ccccc1Cl. The molecule has 3 rings (SSSR count). The molecule has 0 bridgehead atoms. The predicted octanol–water partition coefficient (Wildman–Crippen LogP) is 3.91. The van der Waals surface area contributed by atoms with Crippen molar-refractivity contribution < 1.29 is 30.0 Å². The lowest BCUT2D eigenvalue weighted by Crippen LogP contribution is -2.33. The van der Waals surface area contributed by atoms with Gasteiger partial charge in [-0.05, 0) is 36.2 Å². The highest BCUT2D eigenvalue weighted by atomic mass is 35.5. The quantitative estimate of drug-likeness (QED) is 0.686. The second-order valence-corrected chi connectivity index (χ2v) is 11.2. The first-order valence-electron chi connectivity index (χ1n) is 8.56. The number of benzene rings is 2. The molecule has 0 saturated carbocycles. The summed E-state index contributed by atoms with van der Waals surface area (Å²) >= 11 is 6.12. The Kier molecular flexibility index (Phi) is 6.01. The smallest absolute Gasteiger partial charge is 0.228 e. The highest BCUT2D eigenvalue weighted by Gasteiger charge is 2.37. The third-order valence-corrected chi connectivity index (χ3v) is 9.10. The largest absolute Gasteiger partial charge is 0.416 e. The van der Waals surface area contributed by atoms with Gasteiger partial charge in [0, 0.05) is 18.1 Å². The van der Waals surface area contributed by atoms with E-state index in [-0.39, 0.29) is 24.5 Å². The van der Waals surface area contributed by atoms with Gasteiger partial charge in [0.15, 0.2) is 9.84 Å². The lowest BCUT2D eigenvalue weighted by Gasteiger charge is -2.20. The van der Waals surface area contributed by atoms with E-state index in [2.05, 4.69) is 0 Å². The average molecular weight is 468 g/mol. The van der Waals surface area contributed by atoms with Crippen LogP contribution >= 0.6 is 11.6 Å². The summed E-state index contributed by atoms with van der Waals surface area (Å²) in [5.74, 6) is -0.457. The van der Waals surface area contributed by atoms with Gasteiger partial charge in [-0.1, -0.05) is 35.9 Å². The van der Waals surface area contributed by atoms with E-state index in [1.807, 2.05) is 0 Å². The van der Waals surface area contributed by atoms with Gasteiger partial charge >= 0.3 is 6.18 Å². The number of halogens is 4. The first-order valence-corrected chi connectivity index (χ1v) is 12.1. The van der Waals surface area contributed by atoms with Crippen LogP contribution in [0.15, 0.2) is 53.4 Å². The monoisotopic (exact) mass is 467 g/mol. The van der Waals surface area contributed by atoms with Crippen molar-refractivity contribution in [1.29, 1.82) is 0 Å². The number of sulfone groups is 1. The molecule has 1 saturated heterocycles. The van der Waals surface area contributed by atoms with Crippen molar-refractivity contribution in [3.63, 3.8) is 0 Å². The summed E-state index contributed by atoms with van der Waals surface area (Å²) in [5.41, 5.74) is -0.706. The molecule has 1 unspecified atom stereocenters. The van der Waals surface area contributed by atoms with E-state index in [1.165, 1.54) is 0 Å². The molecule has 0 spiro atoms. The maximum Gasteiger partial charge on any atom is 0.416 e. The highest BCUT2D eigenvalue weighted by Crippen LogP contribution is 2.35. The minimum atomic E-state index is -4.69. The van der Waals surface area contributed by atoms with Crippen LogP contribution in [0.4, 0.5) is 13.2 Å². The number of alkyl halides is 3. The van der Waals surface area contributed by atoms with Crippen LogP contribution in [0.2, 0.25) is 5.02 Å². The van der Waals surface area contributed by atoms with Crippen molar-refractivity contribution in [2.75, 3.05) is 18.8 Å². The second kappa shape index (κ2) is 7.90. The van der Waals surface area contributed by atoms with Crippen molar-refractivity contribution in [2.45, 2.75) is 22.7 Å². The van der Waals surface area contributed by atoms with Gasteiger partial charge in [0.25, 0.3) is 0 Å². The Balaban J connectivity index is 1.93. The van der Waals surface area contributed by atoms with E-state index in [9.17, 15) is 30.0 Å². The van der Waals surface area contributed by atoms with Gasteiger partial charge in [0.2, 0.25) is 10.0 Å². The van der Waals surface area contributed by atoms with Gasteiger partial charge < -0.3 is 0 Å². The summed E-state index contributed by atoms with van der Waals surface area (Å²) in [5, 5.41) is -0.729. The first kappa shape index (κ1) is 22.1. The van der Waals surface area contributed by atoms with Crippen molar-refractivity contribution in [3.8, 4) is 0 Å². The maximum atomic E-state index is 12.9. The number of nitrogens with zero attached hydrogens (tertiary/aromatic N) is 1. The van der Waals surface area contributed by atoms with Crippen molar-refractivity contribution in [1.82, 2.24) is 4.31 Å². The summed E-state index contributed by atoms with van der Waals surface area (Å²) in [6.45, 7) is -0.504. The van der Waals surface area contributed by atoms with Crippen molar-refractivity contribution in [2.24, 2.45) is 0 Å². The summed E-state index contributed by atoms with van der Waals surface area (Å²) in [7, 11) is -8.01. The molecule has 0 aliphatic carbocycles. The molecular formula is C18H17ClF3NO4S2. The first-order chi connectivity index (χ1) is 13.4. The molecule has 1 aliphatic heterocycles. The molecule has 11 heteroatoms. The molecule has 5 nitrogen and oxygen atoms in total. The number of hydrogen-bond acceptors (Lipinski definition) is 4. The molecule has 1 fully saturated rings. The van der Waals surface area contributed by atoms with Crippen LogP contribution in [0.1, 0.15) is 22.8 Å². The second-order valence-electron chi connectivity index (χ2n) is 6.60. The van der Waals surface area contributed by atoms with Gasteiger partial charge in [-0.25, -0.2) is 16.8 Å². The van der Waals surface area contributed by atoms with Crippen LogP contribution in [0.25, 0.3) is 0 Å². The van der Waals surface area contributed by atoms with Gasteiger partial charge in [0.05, 0.1) is 21.5 Å². The zero-order valence-electron chi connectivity index (χ0n) is 14.9. The van der Waals surface area contributed by atoms with E-state index in [0.717, 1.165) is 22.5 Å². The Morgan fingerprint density at radius 2 is 1.72 bits per heavy atom. The molecule has 29 heavy (non-hydrogen) atoms. The van der Waals surface area contributed by atoms with E-state index < -0.39 is 47.5 Å². The topological polar surface area (TPSA) is 71.5 Å². The maximum absolute atomic E-state index is 12.9. The average Bonchev–Trinajstić information content (AvgIpc) is 2.80. The Morgan fingerprint density at radius 1 is 1.03 bits per heavy atom. The molecule has 1 atom stereocenters. The minimum Gasteiger partial charge on any atom is -0.228 e. The van der Waals surface area contributed by atoms with Gasteiger partial charge in [-0.15, -0.1) is 0 Å². The molecule has 2 aromatic rings. The highest BCUT2D eigenvalue weighted by molar-refractivity contribution is 7.92. The Bertz CT molecular complexity index is 1120. The van der Waals surface area contributed by atoms with Gasteiger partial charge in [-0.2, -0.15) is 17.5 Å². The summed E-state index contributed by atoms with van der Waals surface area (Å²) in [6.07, 6.45) is -4.74. The Labute approximate surface area is 172 Å². The molecule has 1 heterocycles. The van der Waals surface area contributed by atoms with Crippen LogP contribution in [-0.4, -0.2) is 40.0 Å². The van der Waals surface area contributed by atoms with Crippen LogP contribution < -0.4 is 0 Å². The fourth-order valence-electron chi connectivity index (χ4n) is 3.23. The number of hydrogen-bond donors (Lipinski definition) is 0. The van der Waals surface area contributed by atoms with Crippen LogP contribution in [0, 0.1) is 0 Å². The number of sulfonamides is 1. The minimum absolute atomic E-state index is 0.0513. The normalized spacial score (nSPS) is 20.9. The summed E-state index contributed by atoms with van der Waals surface area (Å²) < 4.78 is 90.9. The van der Waals surface area contributed by atoms with Crippen molar-refractivity contribution in [3.05, 3.63) is 64.7 Å². The van der Waals surface area contributed by atoms with E-state index >= 15 is 0 Å². The van der Waals surface area contributed by atoms with E-state index in [4.69, 9.17) is 11.6 Å². The molecule has 0 amide bonds. The lowest BCUT2D eigenvalue weighted by atomic mass is 10.1. The molecule has 0 aromatic heterocycles. The van der Waals surface area contributed by atoms with Crippen molar-refractivity contribution >= 4 is 31.5 Å². The molecule has 0 radical (unpaired) electrons. The van der Waals surface area contributed by atoms with E-state index in [0.29, 0.717) is 11.6 Å². The van der Waals surface area contributed by atoms with Gasteiger partial charge in [-0.3, -0.25) is 0 Å².